The zero-order valence-corrected chi connectivity index (χ0v) is 11.6. The zero-order chi connectivity index (χ0) is 13.7. The first-order chi connectivity index (χ1) is 9.08. The largest absolute Gasteiger partial charge is 0.368 e. The van der Waals surface area contributed by atoms with Crippen molar-refractivity contribution in [1.29, 1.82) is 0 Å². The molecular weight excluding hydrogens is 266 g/mol. The van der Waals surface area contributed by atoms with E-state index < -0.39 is 10.0 Å². The number of hydrogen-bond donors (Lipinski definition) is 2. The van der Waals surface area contributed by atoms with E-state index in [4.69, 9.17) is 5.73 Å². The third-order valence-electron chi connectivity index (χ3n) is 3.10. The van der Waals surface area contributed by atoms with Crippen LogP contribution in [0, 0.1) is 0 Å². The molecule has 7 nitrogen and oxygen atoms in total. The van der Waals surface area contributed by atoms with Crippen LogP contribution in [0.4, 0.5) is 5.95 Å². The molecule has 0 unspecified atom stereocenters. The maximum Gasteiger partial charge on any atom is 0.243 e. The highest BCUT2D eigenvalue weighted by molar-refractivity contribution is 7.89. The van der Waals surface area contributed by atoms with Crippen LogP contribution in [0.1, 0.15) is 19.3 Å². The van der Waals surface area contributed by atoms with Gasteiger partial charge in [0.05, 0.1) is 12.4 Å². The topological polar surface area (TPSA) is 101 Å². The number of aromatic nitrogens is 2. The summed E-state index contributed by atoms with van der Waals surface area (Å²) in [4.78, 5) is 9.74. The molecule has 19 heavy (non-hydrogen) atoms. The second-order valence-electron chi connectivity index (χ2n) is 4.58. The summed E-state index contributed by atoms with van der Waals surface area (Å²) in [7, 11) is -3.52. The third-order valence-corrected chi connectivity index (χ3v) is 4.52. The smallest absolute Gasteiger partial charge is 0.243 e. The normalized spacial score (nSPS) is 16.8. The summed E-state index contributed by atoms with van der Waals surface area (Å²) in [5.41, 5.74) is 5.32. The molecule has 3 N–H and O–H groups in total. The number of rotatable bonds is 6. The lowest BCUT2D eigenvalue weighted by Crippen LogP contribution is -2.29. The Morgan fingerprint density at radius 1 is 1.26 bits per heavy atom. The van der Waals surface area contributed by atoms with Crippen LogP contribution in [0.2, 0.25) is 0 Å². The molecule has 1 aromatic rings. The second-order valence-corrected chi connectivity index (χ2v) is 6.34. The minimum Gasteiger partial charge on any atom is -0.368 e. The molecule has 1 aliphatic heterocycles. The van der Waals surface area contributed by atoms with E-state index in [2.05, 4.69) is 19.6 Å². The van der Waals surface area contributed by atoms with E-state index in [1.54, 1.807) is 0 Å². The van der Waals surface area contributed by atoms with Gasteiger partial charge in [0, 0.05) is 6.54 Å². The molecule has 0 saturated carbocycles. The highest BCUT2D eigenvalue weighted by Crippen LogP contribution is 2.08. The molecule has 1 fully saturated rings. The lowest BCUT2D eigenvalue weighted by Gasteiger charge is -2.14. The molecule has 0 aliphatic carbocycles. The lowest BCUT2D eigenvalue weighted by molar-refractivity contribution is 0.334. The van der Waals surface area contributed by atoms with E-state index in [9.17, 15) is 8.42 Å². The highest BCUT2D eigenvalue weighted by Gasteiger charge is 2.15. The molecule has 1 aliphatic rings. The van der Waals surface area contributed by atoms with E-state index in [0.29, 0.717) is 6.54 Å². The number of nitrogens with zero attached hydrogens (tertiary/aromatic N) is 3. The molecule has 0 amide bonds. The fourth-order valence-corrected chi connectivity index (χ4v) is 3.03. The Hall–Kier alpha value is -1.25. The molecular formula is C11H19N5O2S. The first-order valence-corrected chi connectivity index (χ1v) is 7.86. The highest BCUT2D eigenvalue weighted by atomic mass is 32.2. The molecule has 1 aromatic heterocycles. The molecule has 0 atom stereocenters. The third kappa shape index (κ3) is 4.12. The number of nitrogen functional groups attached to an aromatic ring is 1. The van der Waals surface area contributed by atoms with Crippen molar-refractivity contribution in [3.8, 4) is 0 Å². The molecule has 1 saturated heterocycles. The fourth-order valence-electron chi connectivity index (χ4n) is 2.06. The van der Waals surface area contributed by atoms with Crippen molar-refractivity contribution in [2.75, 3.05) is 31.9 Å². The average molecular weight is 285 g/mol. The van der Waals surface area contributed by atoms with Gasteiger partial charge in [-0.1, -0.05) is 0 Å². The minimum absolute atomic E-state index is 0.0443. The maximum atomic E-state index is 11.9. The van der Waals surface area contributed by atoms with Gasteiger partial charge in [0.15, 0.2) is 0 Å². The van der Waals surface area contributed by atoms with Crippen LogP contribution in [-0.2, 0) is 10.0 Å². The molecule has 2 rings (SSSR count). The maximum absolute atomic E-state index is 11.9. The van der Waals surface area contributed by atoms with Crippen LogP contribution >= 0.6 is 0 Å². The van der Waals surface area contributed by atoms with Gasteiger partial charge in [-0.2, -0.15) is 0 Å². The average Bonchev–Trinajstić information content (AvgIpc) is 2.88. The van der Waals surface area contributed by atoms with Gasteiger partial charge in [-0.15, -0.1) is 0 Å². The van der Waals surface area contributed by atoms with E-state index in [1.165, 1.54) is 25.2 Å². The Morgan fingerprint density at radius 2 is 1.89 bits per heavy atom. The van der Waals surface area contributed by atoms with Gasteiger partial charge in [-0.25, -0.2) is 23.1 Å². The van der Waals surface area contributed by atoms with Crippen molar-refractivity contribution in [2.24, 2.45) is 0 Å². The molecule has 2 heterocycles. The summed E-state index contributed by atoms with van der Waals surface area (Å²) in [6.07, 6.45) is 5.72. The van der Waals surface area contributed by atoms with Crippen LogP contribution < -0.4 is 10.5 Å². The van der Waals surface area contributed by atoms with Crippen LogP contribution in [0.5, 0.6) is 0 Å². The zero-order valence-electron chi connectivity index (χ0n) is 10.7. The number of nitrogens with one attached hydrogen (secondary N) is 1. The summed E-state index contributed by atoms with van der Waals surface area (Å²) in [6, 6.07) is 0. The summed E-state index contributed by atoms with van der Waals surface area (Å²) < 4.78 is 26.3. The van der Waals surface area contributed by atoms with Crippen molar-refractivity contribution in [3.05, 3.63) is 12.4 Å². The summed E-state index contributed by atoms with van der Waals surface area (Å²) in [5.74, 6) is 0.0629. The molecule has 8 heteroatoms. The van der Waals surface area contributed by atoms with Crippen LogP contribution in [0.3, 0.4) is 0 Å². The van der Waals surface area contributed by atoms with Crippen molar-refractivity contribution in [3.63, 3.8) is 0 Å². The molecule has 106 valence electrons. The van der Waals surface area contributed by atoms with Crippen LogP contribution in [-0.4, -0.2) is 49.5 Å². The predicted molar refractivity (Wildman–Crippen MR) is 71.9 cm³/mol. The van der Waals surface area contributed by atoms with Crippen molar-refractivity contribution in [2.45, 2.75) is 24.2 Å². The Labute approximate surface area is 113 Å². The minimum atomic E-state index is -3.52. The quantitative estimate of drug-likeness (QED) is 0.703. The standard InChI is InChI=1S/C11H19N5O2S/c12-11-13-8-10(9-14-11)19(17,18)15-4-3-7-16-5-1-2-6-16/h8-9,15H,1-7H2,(H2,12,13,14). The van der Waals surface area contributed by atoms with Gasteiger partial charge in [0.25, 0.3) is 0 Å². The van der Waals surface area contributed by atoms with Crippen LogP contribution in [0.25, 0.3) is 0 Å². The van der Waals surface area contributed by atoms with Gasteiger partial charge in [-0.3, -0.25) is 0 Å². The number of nitrogens with two attached hydrogens (primary N) is 1. The molecule has 0 spiro atoms. The van der Waals surface area contributed by atoms with Gasteiger partial charge in [-0.05, 0) is 38.9 Å². The van der Waals surface area contributed by atoms with Gasteiger partial charge in [0.2, 0.25) is 16.0 Å². The number of hydrogen-bond acceptors (Lipinski definition) is 6. The molecule has 0 radical (unpaired) electrons. The molecule has 0 bridgehead atoms. The summed E-state index contributed by atoms with van der Waals surface area (Å²) in [5, 5.41) is 0. The van der Waals surface area contributed by atoms with Crippen molar-refractivity contribution in [1.82, 2.24) is 19.6 Å². The number of sulfonamides is 1. The summed E-state index contributed by atoms with van der Waals surface area (Å²) in [6.45, 7) is 3.60. The van der Waals surface area contributed by atoms with Gasteiger partial charge in [0.1, 0.15) is 4.90 Å². The number of anilines is 1. The predicted octanol–water partition coefficient (Wildman–Crippen LogP) is -0.177. The Kier molecular flexibility index (Phi) is 4.67. The second kappa shape index (κ2) is 6.27. The Bertz CT molecular complexity index is 496. The van der Waals surface area contributed by atoms with E-state index in [1.807, 2.05) is 0 Å². The van der Waals surface area contributed by atoms with E-state index in [-0.39, 0.29) is 10.8 Å². The fraction of sp³-hybridized carbons (Fsp3) is 0.636. The van der Waals surface area contributed by atoms with Gasteiger partial charge < -0.3 is 10.6 Å². The monoisotopic (exact) mass is 285 g/mol. The Balaban J connectivity index is 1.79. The van der Waals surface area contributed by atoms with Gasteiger partial charge >= 0.3 is 0 Å². The van der Waals surface area contributed by atoms with Crippen molar-refractivity contribution >= 4 is 16.0 Å². The first kappa shape index (κ1) is 14.2. The van der Waals surface area contributed by atoms with Crippen LogP contribution in [0.15, 0.2) is 17.3 Å². The number of likely N-dealkylation sites (tertiary alicyclic amines) is 1. The summed E-state index contributed by atoms with van der Waals surface area (Å²) >= 11 is 0. The Morgan fingerprint density at radius 3 is 2.53 bits per heavy atom. The lowest BCUT2D eigenvalue weighted by atomic mass is 10.4. The SMILES string of the molecule is Nc1ncc(S(=O)(=O)NCCCN2CCCC2)cn1. The van der Waals surface area contributed by atoms with E-state index in [0.717, 1.165) is 26.1 Å². The first-order valence-electron chi connectivity index (χ1n) is 6.37. The molecule has 0 aromatic carbocycles. The van der Waals surface area contributed by atoms with Crippen molar-refractivity contribution < 1.29 is 8.42 Å². The van der Waals surface area contributed by atoms with E-state index >= 15 is 0 Å².